The van der Waals surface area contributed by atoms with Crippen molar-refractivity contribution in [2.24, 2.45) is 5.41 Å². The molecular formula is C20H41NO2. The molecule has 0 rings (SSSR count). The highest BCUT2D eigenvalue weighted by atomic mass is 16.5. The van der Waals surface area contributed by atoms with Crippen molar-refractivity contribution < 1.29 is 9.53 Å². The number of carbonyl (C=O) groups is 1. The van der Waals surface area contributed by atoms with E-state index in [0.717, 1.165) is 38.9 Å². The van der Waals surface area contributed by atoms with E-state index < -0.39 is 0 Å². The van der Waals surface area contributed by atoms with Gasteiger partial charge < -0.3 is 4.74 Å². The van der Waals surface area contributed by atoms with Gasteiger partial charge in [0.2, 0.25) is 0 Å². The maximum absolute atomic E-state index is 12.3. The van der Waals surface area contributed by atoms with Crippen molar-refractivity contribution in [3.63, 3.8) is 0 Å². The lowest BCUT2D eigenvalue weighted by molar-refractivity contribution is -0.156. The molecule has 0 radical (unpaired) electrons. The average molecular weight is 328 g/mol. The fourth-order valence-electron chi connectivity index (χ4n) is 2.92. The third kappa shape index (κ3) is 10.0. The van der Waals surface area contributed by atoms with Crippen molar-refractivity contribution in [2.45, 2.75) is 92.4 Å². The maximum atomic E-state index is 12.3. The fraction of sp³-hybridized carbons (Fsp3) is 0.950. The van der Waals surface area contributed by atoms with Crippen LogP contribution in [0.2, 0.25) is 0 Å². The summed E-state index contributed by atoms with van der Waals surface area (Å²) in [6, 6.07) is 0. The van der Waals surface area contributed by atoms with Crippen LogP contribution in [0.1, 0.15) is 92.4 Å². The van der Waals surface area contributed by atoms with Gasteiger partial charge in [-0.25, -0.2) is 0 Å². The Kier molecular flexibility index (Phi) is 13.5. The molecule has 0 aromatic heterocycles. The first-order valence-corrected chi connectivity index (χ1v) is 9.93. The molecule has 3 heteroatoms. The zero-order chi connectivity index (χ0) is 17.6. The van der Waals surface area contributed by atoms with E-state index >= 15 is 0 Å². The number of carbonyl (C=O) groups excluding carboxylic acids is 1. The van der Waals surface area contributed by atoms with E-state index in [2.05, 4.69) is 32.6 Å². The summed E-state index contributed by atoms with van der Waals surface area (Å²) in [7, 11) is 0. The Labute approximate surface area is 145 Å². The molecule has 23 heavy (non-hydrogen) atoms. The Morgan fingerprint density at radius 2 is 1.43 bits per heavy atom. The summed E-state index contributed by atoms with van der Waals surface area (Å²) < 4.78 is 5.61. The standard InChI is InChI=1S/C20H41NO2/c1-6-10-12-15-21(16-13-11-7-2)17-18-23-19(22)20(5,9-4)14-8-3/h6-18H2,1-5H3. The van der Waals surface area contributed by atoms with Gasteiger partial charge in [0.15, 0.2) is 0 Å². The van der Waals surface area contributed by atoms with Crippen molar-refractivity contribution in [3.8, 4) is 0 Å². The minimum Gasteiger partial charge on any atom is -0.464 e. The molecule has 0 aromatic rings. The van der Waals surface area contributed by atoms with Crippen LogP contribution in [0.3, 0.4) is 0 Å². The summed E-state index contributed by atoms with van der Waals surface area (Å²) in [5, 5.41) is 0. The quantitative estimate of drug-likeness (QED) is 0.297. The van der Waals surface area contributed by atoms with Crippen LogP contribution in [0.5, 0.6) is 0 Å². The van der Waals surface area contributed by atoms with Crippen LogP contribution >= 0.6 is 0 Å². The summed E-state index contributed by atoms with van der Waals surface area (Å²) in [6.45, 7) is 14.4. The first-order valence-electron chi connectivity index (χ1n) is 9.93. The fourth-order valence-corrected chi connectivity index (χ4v) is 2.92. The van der Waals surface area contributed by atoms with Gasteiger partial charge in [-0.3, -0.25) is 9.69 Å². The van der Waals surface area contributed by atoms with Crippen LogP contribution in [0.25, 0.3) is 0 Å². The zero-order valence-corrected chi connectivity index (χ0v) is 16.5. The largest absolute Gasteiger partial charge is 0.464 e. The summed E-state index contributed by atoms with van der Waals surface area (Å²) in [4.78, 5) is 14.8. The predicted molar refractivity (Wildman–Crippen MR) is 99.8 cm³/mol. The summed E-state index contributed by atoms with van der Waals surface area (Å²) in [5.41, 5.74) is -0.302. The van der Waals surface area contributed by atoms with E-state index in [0.29, 0.717) is 6.61 Å². The Bertz CT molecular complexity index is 283. The normalized spacial score (nSPS) is 14.0. The molecule has 3 nitrogen and oxygen atoms in total. The highest BCUT2D eigenvalue weighted by Gasteiger charge is 2.31. The van der Waals surface area contributed by atoms with Gasteiger partial charge in [0.25, 0.3) is 0 Å². The van der Waals surface area contributed by atoms with E-state index in [4.69, 9.17) is 4.74 Å². The van der Waals surface area contributed by atoms with Crippen molar-refractivity contribution in [3.05, 3.63) is 0 Å². The lowest BCUT2D eigenvalue weighted by Gasteiger charge is -2.27. The summed E-state index contributed by atoms with van der Waals surface area (Å²) >= 11 is 0. The first-order chi connectivity index (χ1) is 11.0. The molecule has 0 aliphatic rings. The Hall–Kier alpha value is -0.570. The molecule has 0 fully saturated rings. The van der Waals surface area contributed by atoms with E-state index in [1.807, 2.05) is 6.92 Å². The van der Waals surface area contributed by atoms with Gasteiger partial charge in [-0.1, -0.05) is 59.8 Å². The SMILES string of the molecule is CCCCCN(CCCCC)CCOC(=O)C(C)(CC)CCC. The van der Waals surface area contributed by atoms with Crippen LogP contribution in [-0.4, -0.2) is 37.1 Å². The molecule has 0 spiro atoms. The summed E-state index contributed by atoms with van der Waals surface area (Å²) in [6.07, 6.45) is 10.4. The average Bonchev–Trinajstić information content (AvgIpc) is 2.54. The molecular weight excluding hydrogens is 286 g/mol. The van der Waals surface area contributed by atoms with Gasteiger partial charge in [-0.2, -0.15) is 0 Å². The van der Waals surface area contributed by atoms with E-state index in [9.17, 15) is 4.79 Å². The van der Waals surface area contributed by atoms with Crippen molar-refractivity contribution in [2.75, 3.05) is 26.2 Å². The minimum atomic E-state index is -0.302. The van der Waals surface area contributed by atoms with Gasteiger partial charge >= 0.3 is 5.97 Å². The number of rotatable bonds is 15. The second kappa shape index (κ2) is 13.8. The molecule has 0 heterocycles. The lowest BCUT2D eigenvalue weighted by atomic mass is 9.83. The third-order valence-electron chi connectivity index (χ3n) is 4.87. The molecule has 0 saturated heterocycles. The molecule has 0 N–H and O–H groups in total. The predicted octanol–water partition coefficient (Wildman–Crippen LogP) is 5.43. The van der Waals surface area contributed by atoms with Gasteiger partial charge in [-0.15, -0.1) is 0 Å². The molecule has 0 aromatic carbocycles. The zero-order valence-electron chi connectivity index (χ0n) is 16.5. The molecule has 1 unspecified atom stereocenters. The van der Waals surface area contributed by atoms with Gasteiger partial charge in [0.05, 0.1) is 5.41 Å². The monoisotopic (exact) mass is 327 g/mol. The molecule has 1 atom stereocenters. The number of hydrogen-bond acceptors (Lipinski definition) is 3. The lowest BCUT2D eigenvalue weighted by Crippen LogP contribution is -2.34. The van der Waals surface area contributed by atoms with Crippen LogP contribution < -0.4 is 0 Å². The smallest absolute Gasteiger partial charge is 0.311 e. The second-order valence-electron chi connectivity index (χ2n) is 7.06. The highest BCUT2D eigenvalue weighted by molar-refractivity contribution is 5.76. The minimum absolute atomic E-state index is 0.0103. The van der Waals surface area contributed by atoms with Crippen molar-refractivity contribution >= 4 is 5.97 Å². The topological polar surface area (TPSA) is 29.5 Å². The molecule has 0 amide bonds. The van der Waals surface area contributed by atoms with E-state index in [-0.39, 0.29) is 11.4 Å². The van der Waals surface area contributed by atoms with Gasteiger partial charge in [0, 0.05) is 6.54 Å². The number of unbranched alkanes of at least 4 members (excludes halogenated alkanes) is 4. The van der Waals surface area contributed by atoms with Crippen molar-refractivity contribution in [1.29, 1.82) is 0 Å². The van der Waals surface area contributed by atoms with Crippen LogP contribution in [-0.2, 0) is 9.53 Å². The number of hydrogen-bond donors (Lipinski definition) is 0. The number of nitrogens with zero attached hydrogens (tertiary/aromatic N) is 1. The Morgan fingerprint density at radius 3 is 1.87 bits per heavy atom. The number of esters is 1. The van der Waals surface area contributed by atoms with Gasteiger partial charge in [0.1, 0.15) is 6.61 Å². The van der Waals surface area contributed by atoms with E-state index in [1.165, 1.54) is 38.5 Å². The van der Waals surface area contributed by atoms with Crippen LogP contribution in [0.15, 0.2) is 0 Å². The Balaban J connectivity index is 4.23. The maximum Gasteiger partial charge on any atom is 0.311 e. The molecule has 0 aliphatic heterocycles. The summed E-state index contributed by atoms with van der Waals surface area (Å²) in [5.74, 6) is -0.0103. The third-order valence-corrected chi connectivity index (χ3v) is 4.87. The number of ether oxygens (including phenoxy) is 1. The van der Waals surface area contributed by atoms with Gasteiger partial charge in [-0.05, 0) is 45.7 Å². The second-order valence-corrected chi connectivity index (χ2v) is 7.06. The molecule has 0 saturated carbocycles. The molecule has 0 aliphatic carbocycles. The Morgan fingerprint density at radius 1 is 0.870 bits per heavy atom. The molecule has 0 bridgehead atoms. The van der Waals surface area contributed by atoms with E-state index in [1.54, 1.807) is 0 Å². The van der Waals surface area contributed by atoms with Crippen molar-refractivity contribution in [1.82, 2.24) is 4.90 Å². The highest BCUT2D eigenvalue weighted by Crippen LogP contribution is 2.28. The van der Waals surface area contributed by atoms with Crippen LogP contribution in [0, 0.1) is 5.41 Å². The molecule has 138 valence electrons. The first kappa shape index (κ1) is 22.4. The van der Waals surface area contributed by atoms with Crippen LogP contribution in [0.4, 0.5) is 0 Å².